The van der Waals surface area contributed by atoms with E-state index in [4.69, 9.17) is 4.42 Å². The maximum absolute atomic E-state index is 13.8. The van der Waals surface area contributed by atoms with Crippen molar-refractivity contribution in [1.82, 2.24) is 15.1 Å². The first-order valence-corrected chi connectivity index (χ1v) is 11.0. The van der Waals surface area contributed by atoms with E-state index in [2.05, 4.69) is 5.32 Å². The van der Waals surface area contributed by atoms with Crippen molar-refractivity contribution in [1.29, 1.82) is 0 Å². The predicted octanol–water partition coefficient (Wildman–Crippen LogP) is 2.98. The van der Waals surface area contributed by atoms with Crippen molar-refractivity contribution in [3.8, 4) is 0 Å². The Balaban J connectivity index is 1.26. The van der Waals surface area contributed by atoms with Gasteiger partial charge in [0, 0.05) is 37.8 Å². The highest BCUT2D eigenvalue weighted by molar-refractivity contribution is 5.94. The molecule has 0 bridgehead atoms. The van der Waals surface area contributed by atoms with Crippen molar-refractivity contribution >= 4 is 23.8 Å². The van der Waals surface area contributed by atoms with Crippen LogP contribution in [0.15, 0.2) is 41.0 Å². The molecule has 0 saturated carbocycles. The van der Waals surface area contributed by atoms with E-state index in [0.717, 1.165) is 43.5 Å². The third-order valence-electron chi connectivity index (χ3n) is 6.54. The van der Waals surface area contributed by atoms with Crippen LogP contribution in [0.25, 0.3) is 6.08 Å². The lowest BCUT2D eigenvalue weighted by Crippen LogP contribution is -2.47. The molecule has 1 aromatic carbocycles. The minimum absolute atomic E-state index is 0.106. The van der Waals surface area contributed by atoms with Gasteiger partial charge in [0.05, 0.1) is 12.8 Å². The Morgan fingerprint density at radius 1 is 1.00 bits per heavy atom. The van der Waals surface area contributed by atoms with Gasteiger partial charge in [0.25, 0.3) is 5.91 Å². The van der Waals surface area contributed by atoms with Crippen molar-refractivity contribution in [2.75, 3.05) is 32.7 Å². The summed E-state index contributed by atoms with van der Waals surface area (Å²) in [6.45, 7) is 1.95. The van der Waals surface area contributed by atoms with Gasteiger partial charge in [0.1, 0.15) is 0 Å². The summed E-state index contributed by atoms with van der Waals surface area (Å²) in [6, 6.07) is 4.99. The first kappa shape index (κ1) is 23.6. The van der Waals surface area contributed by atoms with E-state index in [-0.39, 0.29) is 35.1 Å². The Morgan fingerprint density at radius 2 is 1.71 bits per heavy atom. The molecule has 1 N–H and O–H groups in total. The Morgan fingerprint density at radius 3 is 2.38 bits per heavy atom. The van der Waals surface area contributed by atoms with Gasteiger partial charge in [-0.2, -0.15) is 0 Å². The van der Waals surface area contributed by atoms with Crippen LogP contribution in [0.4, 0.5) is 13.2 Å². The zero-order valence-corrected chi connectivity index (χ0v) is 18.4. The monoisotopic (exact) mass is 475 g/mol. The summed E-state index contributed by atoms with van der Waals surface area (Å²) in [5.41, 5.74) is -0.308. The second kappa shape index (κ2) is 9.74. The van der Waals surface area contributed by atoms with Crippen molar-refractivity contribution in [2.24, 2.45) is 5.41 Å². The lowest BCUT2D eigenvalue weighted by atomic mass is 9.78. The topological polar surface area (TPSA) is 82.9 Å². The van der Waals surface area contributed by atoms with Crippen LogP contribution < -0.4 is 5.32 Å². The van der Waals surface area contributed by atoms with Crippen molar-refractivity contribution in [3.63, 3.8) is 0 Å². The number of piperidine rings is 1. The van der Waals surface area contributed by atoms with Gasteiger partial charge in [-0.15, -0.1) is 0 Å². The molecule has 2 aromatic rings. The third kappa shape index (κ3) is 5.00. The maximum atomic E-state index is 13.8. The SMILES string of the molecule is O=C(NCC(=O)N1CCC2(CCN(C(=O)C=Cc3ccc(F)c(F)c3F)C2)CC1)c1ccco1. The number of carbonyl (C=O) groups excluding carboxylic acids is 3. The summed E-state index contributed by atoms with van der Waals surface area (Å²) >= 11 is 0. The number of benzene rings is 1. The molecule has 0 aliphatic carbocycles. The zero-order chi connectivity index (χ0) is 24.3. The molecule has 180 valence electrons. The molecule has 2 fully saturated rings. The van der Waals surface area contributed by atoms with Crippen molar-refractivity contribution < 1.29 is 32.0 Å². The summed E-state index contributed by atoms with van der Waals surface area (Å²) in [4.78, 5) is 40.3. The van der Waals surface area contributed by atoms with E-state index >= 15 is 0 Å². The minimum Gasteiger partial charge on any atom is -0.459 e. The highest BCUT2D eigenvalue weighted by Crippen LogP contribution is 2.40. The summed E-state index contributed by atoms with van der Waals surface area (Å²) in [6.07, 6.45) is 5.90. The van der Waals surface area contributed by atoms with Gasteiger partial charge in [-0.1, -0.05) is 0 Å². The number of furan rings is 1. The number of nitrogens with one attached hydrogen (secondary N) is 1. The number of likely N-dealkylation sites (tertiary alicyclic amines) is 2. The molecular formula is C24H24F3N3O4. The summed E-state index contributed by atoms with van der Waals surface area (Å²) in [5.74, 6) is -5.02. The third-order valence-corrected chi connectivity index (χ3v) is 6.54. The van der Waals surface area contributed by atoms with E-state index in [1.807, 2.05) is 0 Å². The fourth-order valence-corrected chi connectivity index (χ4v) is 4.46. The number of amides is 3. The second-order valence-corrected chi connectivity index (χ2v) is 8.65. The molecule has 7 nitrogen and oxygen atoms in total. The van der Waals surface area contributed by atoms with Crippen LogP contribution in [0.5, 0.6) is 0 Å². The molecule has 0 radical (unpaired) electrons. The standard InChI is InChI=1S/C24H24F3N3O4/c25-17-5-3-16(21(26)22(17)27)4-6-19(31)30-12-9-24(15-30)7-10-29(11-8-24)20(32)14-28-23(33)18-2-1-13-34-18/h1-6,13H,7-12,14-15H2,(H,28,33). The maximum Gasteiger partial charge on any atom is 0.287 e. The first-order valence-electron chi connectivity index (χ1n) is 11.0. The first-order chi connectivity index (χ1) is 16.3. The molecule has 0 atom stereocenters. The highest BCUT2D eigenvalue weighted by Gasteiger charge is 2.42. The van der Waals surface area contributed by atoms with Gasteiger partial charge in [-0.3, -0.25) is 14.4 Å². The van der Waals surface area contributed by atoms with Crippen LogP contribution in [0, 0.1) is 22.9 Å². The molecule has 1 aromatic heterocycles. The molecule has 2 aliphatic rings. The molecule has 34 heavy (non-hydrogen) atoms. The Kier molecular flexibility index (Phi) is 6.76. The number of hydrogen-bond acceptors (Lipinski definition) is 4. The van der Waals surface area contributed by atoms with Gasteiger partial charge in [0.2, 0.25) is 11.8 Å². The van der Waals surface area contributed by atoms with E-state index in [1.54, 1.807) is 15.9 Å². The van der Waals surface area contributed by atoms with Crippen molar-refractivity contribution in [3.05, 3.63) is 65.4 Å². The zero-order valence-electron chi connectivity index (χ0n) is 18.4. The van der Waals surface area contributed by atoms with Gasteiger partial charge < -0.3 is 19.5 Å². The summed E-state index contributed by atoms with van der Waals surface area (Å²) in [5, 5.41) is 2.55. The van der Waals surface area contributed by atoms with Crippen LogP contribution in [0.3, 0.4) is 0 Å². The van der Waals surface area contributed by atoms with Gasteiger partial charge >= 0.3 is 0 Å². The van der Waals surface area contributed by atoms with Crippen LogP contribution in [-0.2, 0) is 9.59 Å². The average Bonchev–Trinajstić information content (AvgIpc) is 3.52. The molecule has 2 aliphatic heterocycles. The lowest BCUT2D eigenvalue weighted by Gasteiger charge is -2.39. The Bertz CT molecular complexity index is 1110. The Hall–Kier alpha value is -3.56. The number of carbonyl (C=O) groups is 3. The molecule has 0 unspecified atom stereocenters. The smallest absolute Gasteiger partial charge is 0.287 e. The number of hydrogen-bond donors (Lipinski definition) is 1. The van der Waals surface area contributed by atoms with Crippen LogP contribution >= 0.6 is 0 Å². The normalized spacial score (nSPS) is 17.5. The van der Waals surface area contributed by atoms with Crippen LogP contribution in [-0.4, -0.2) is 60.2 Å². The van der Waals surface area contributed by atoms with Gasteiger partial charge in [-0.05, 0) is 55.0 Å². The summed E-state index contributed by atoms with van der Waals surface area (Å²) < 4.78 is 45.2. The average molecular weight is 475 g/mol. The molecule has 3 heterocycles. The molecule has 1 spiro atoms. The predicted molar refractivity (Wildman–Crippen MR) is 116 cm³/mol. The van der Waals surface area contributed by atoms with Gasteiger partial charge in [0.15, 0.2) is 23.2 Å². The Labute approximate surface area is 194 Å². The fraction of sp³-hybridized carbons (Fsp3) is 0.375. The molecule has 3 amide bonds. The van der Waals surface area contributed by atoms with Crippen molar-refractivity contribution in [2.45, 2.75) is 19.3 Å². The molecule has 2 saturated heterocycles. The van der Waals surface area contributed by atoms with E-state index in [9.17, 15) is 27.6 Å². The molecular weight excluding hydrogens is 451 g/mol. The van der Waals surface area contributed by atoms with Crippen LogP contribution in [0.2, 0.25) is 0 Å². The lowest BCUT2D eigenvalue weighted by molar-refractivity contribution is -0.133. The summed E-state index contributed by atoms with van der Waals surface area (Å²) in [7, 11) is 0. The van der Waals surface area contributed by atoms with E-state index in [0.29, 0.717) is 26.2 Å². The van der Waals surface area contributed by atoms with E-state index in [1.165, 1.54) is 12.3 Å². The van der Waals surface area contributed by atoms with Crippen LogP contribution in [0.1, 0.15) is 35.4 Å². The minimum atomic E-state index is -1.57. The number of halogens is 3. The molecule has 4 rings (SSSR count). The quantitative estimate of drug-likeness (QED) is 0.533. The number of nitrogens with zero attached hydrogens (tertiary/aromatic N) is 2. The highest BCUT2D eigenvalue weighted by atomic mass is 19.2. The fourth-order valence-electron chi connectivity index (χ4n) is 4.46. The number of rotatable bonds is 5. The largest absolute Gasteiger partial charge is 0.459 e. The molecule has 10 heteroatoms. The second-order valence-electron chi connectivity index (χ2n) is 8.65. The van der Waals surface area contributed by atoms with E-state index < -0.39 is 23.4 Å². The van der Waals surface area contributed by atoms with Gasteiger partial charge in [-0.25, -0.2) is 13.2 Å².